The van der Waals surface area contributed by atoms with Gasteiger partial charge in [-0.25, -0.2) is 0 Å². The van der Waals surface area contributed by atoms with Gasteiger partial charge < -0.3 is 5.32 Å². The predicted octanol–water partition coefficient (Wildman–Crippen LogP) is 4.37. The normalized spacial score (nSPS) is 38.8. The van der Waals surface area contributed by atoms with E-state index >= 15 is 0 Å². The van der Waals surface area contributed by atoms with Gasteiger partial charge in [0.1, 0.15) is 0 Å². The Morgan fingerprint density at radius 1 is 1.06 bits per heavy atom. The molecule has 17 heavy (non-hydrogen) atoms. The largest absolute Gasteiger partial charge is 0.311 e. The van der Waals surface area contributed by atoms with Gasteiger partial charge in [-0.3, -0.25) is 0 Å². The smallest absolute Gasteiger partial charge is 0.00952 e. The van der Waals surface area contributed by atoms with Crippen molar-refractivity contribution in [2.75, 3.05) is 0 Å². The summed E-state index contributed by atoms with van der Waals surface area (Å²) >= 11 is 0. The summed E-state index contributed by atoms with van der Waals surface area (Å²) < 4.78 is 0. The molecule has 100 valence electrons. The summed E-state index contributed by atoms with van der Waals surface area (Å²) in [7, 11) is 0. The Kier molecular flexibility index (Phi) is 4.90. The Balaban J connectivity index is 1.76. The fourth-order valence-corrected chi connectivity index (χ4v) is 4.02. The van der Waals surface area contributed by atoms with Crippen molar-refractivity contribution in [1.82, 2.24) is 5.32 Å². The van der Waals surface area contributed by atoms with E-state index in [1.54, 1.807) is 0 Å². The highest BCUT2D eigenvalue weighted by Crippen LogP contribution is 2.32. The average molecular weight is 237 g/mol. The van der Waals surface area contributed by atoms with E-state index in [1.165, 1.54) is 51.4 Å². The molecule has 4 unspecified atom stereocenters. The first kappa shape index (κ1) is 13.4. The third-order valence-corrected chi connectivity index (χ3v) is 4.90. The maximum Gasteiger partial charge on any atom is 0.00952 e. The van der Waals surface area contributed by atoms with Crippen LogP contribution in [0.1, 0.15) is 72.1 Å². The van der Waals surface area contributed by atoms with Gasteiger partial charge in [-0.1, -0.05) is 40.0 Å². The molecule has 0 spiro atoms. The molecule has 0 aromatic carbocycles. The summed E-state index contributed by atoms with van der Waals surface area (Å²) in [6, 6.07) is 1.66. The third kappa shape index (κ3) is 3.98. The molecular weight excluding hydrogens is 206 g/mol. The third-order valence-electron chi connectivity index (χ3n) is 4.90. The quantitative estimate of drug-likeness (QED) is 0.765. The van der Waals surface area contributed by atoms with Crippen molar-refractivity contribution < 1.29 is 0 Å². The minimum atomic E-state index is 0.831. The van der Waals surface area contributed by atoms with Gasteiger partial charge in [-0.2, -0.15) is 0 Å². The van der Waals surface area contributed by atoms with Crippen molar-refractivity contribution >= 4 is 0 Å². The summed E-state index contributed by atoms with van der Waals surface area (Å²) in [6.45, 7) is 7.17. The second kappa shape index (κ2) is 6.22. The zero-order valence-electron chi connectivity index (χ0n) is 12.0. The molecule has 0 aromatic heterocycles. The molecule has 2 saturated carbocycles. The topological polar surface area (TPSA) is 12.0 Å². The zero-order valence-corrected chi connectivity index (χ0v) is 12.0. The number of nitrogens with one attached hydrogen (secondary N) is 1. The fraction of sp³-hybridized carbons (Fsp3) is 1.00. The summed E-state index contributed by atoms with van der Waals surface area (Å²) in [5.74, 6) is 2.79. The van der Waals surface area contributed by atoms with Gasteiger partial charge in [-0.05, 0) is 49.9 Å². The lowest BCUT2D eigenvalue weighted by molar-refractivity contribution is 0.230. The van der Waals surface area contributed by atoms with Gasteiger partial charge in [0.2, 0.25) is 0 Å². The molecule has 1 heteroatoms. The summed E-state index contributed by atoms with van der Waals surface area (Å²) in [5.41, 5.74) is 0. The number of hydrogen-bond donors (Lipinski definition) is 1. The molecule has 0 aromatic rings. The van der Waals surface area contributed by atoms with E-state index in [9.17, 15) is 0 Å². The van der Waals surface area contributed by atoms with Crippen LogP contribution in [0.25, 0.3) is 0 Å². The van der Waals surface area contributed by atoms with Crippen LogP contribution < -0.4 is 5.32 Å². The molecule has 4 atom stereocenters. The van der Waals surface area contributed by atoms with Gasteiger partial charge >= 0.3 is 0 Å². The van der Waals surface area contributed by atoms with Crippen LogP contribution in [0.15, 0.2) is 0 Å². The van der Waals surface area contributed by atoms with Crippen molar-refractivity contribution in [3.8, 4) is 0 Å². The highest BCUT2D eigenvalue weighted by atomic mass is 15.0. The van der Waals surface area contributed by atoms with E-state index < -0.39 is 0 Å². The monoisotopic (exact) mass is 237 g/mol. The molecule has 0 amide bonds. The standard InChI is InChI=1S/C16H31N/c1-12(2)10-14-7-5-8-15(11-14)17-16-9-4-6-13(16)3/h12-17H,4-11H2,1-3H3. The Morgan fingerprint density at radius 3 is 2.47 bits per heavy atom. The van der Waals surface area contributed by atoms with E-state index in [4.69, 9.17) is 0 Å². The Bertz CT molecular complexity index is 224. The maximum absolute atomic E-state index is 3.97. The van der Waals surface area contributed by atoms with Crippen molar-refractivity contribution in [1.29, 1.82) is 0 Å². The molecule has 2 fully saturated rings. The van der Waals surface area contributed by atoms with Crippen molar-refractivity contribution in [2.24, 2.45) is 17.8 Å². The molecule has 0 aliphatic heterocycles. The summed E-state index contributed by atoms with van der Waals surface area (Å²) in [5, 5.41) is 3.97. The number of rotatable bonds is 4. The van der Waals surface area contributed by atoms with E-state index in [-0.39, 0.29) is 0 Å². The zero-order chi connectivity index (χ0) is 12.3. The lowest BCUT2D eigenvalue weighted by Gasteiger charge is -2.33. The van der Waals surface area contributed by atoms with Crippen molar-refractivity contribution in [3.63, 3.8) is 0 Å². The Hall–Kier alpha value is -0.0400. The summed E-state index contributed by atoms with van der Waals surface area (Å²) in [4.78, 5) is 0. The van der Waals surface area contributed by atoms with Crippen molar-refractivity contribution in [3.05, 3.63) is 0 Å². The molecule has 1 nitrogen and oxygen atoms in total. The minimum Gasteiger partial charge on any atom is -0.311 e. The molecule has 0 bridgehead atoms. The molecular formula is C16H31N. The van der Waals surface area contributed by atoms with E-state index in [2.05, 4.69) is 26.1 Å². The molecule has 2 aliphatic carbocycles. The first-order valence-corrected chi connectivity index (χ1v) is 7.91. The predicted molar refractivity (Wildman–Crippen MR) is 75.1 cm³/mol. The van der Waals surface area contributed by atoms with Gasteiger partial charge in [0.05, 0.1) is 0 Å². The van der Waals surface area contributed by atoms with Gasteiger partial charge in [0.15, 0.2) is 0 Å². The Morgan fingerprint density at radius 2 is 1.82 bits per heavy atom. The van der Waals surface area contributed by atoms with E-state index in [0.717, 1.165) is 29.8 Å². The van der Waals surface area contributed by atoms with Crippen LogP contribution >= 0.6 is 0 Å². The highest BCUT2D eigenvalue weighted by Gasteiger charge is 2.28. The molecule has 2 rings (SSSR count). The maximum atomic E-state index is 3.97. The fourth-order valence-electron chi connectivity index (χ4n) is 4.02. The first-order chi connectivity index (χ1) is 8.15. The van der Waals surface area contributed by atoms with Gasteiger partial charge in [0.25, 0.3) is 0 Å². The van der Waals surface area contributed by atoms with Gasteiger partial charge in [-0.15, -0.1) is 0 Å². The van der Waals surface area contributed by atoms with Crippen LogP contribution in [-0.4, -0.2) is 12.1 Å². The van der Waals surface area contributed by atoms with E-state index in [0.29, 0.717) is 0 Å². The summed E-state index contributed by atoms with van der Waals surface area (Å²) in [6.07, 6.45) is 11.6. The molecule has 0 radical (unpaired) electrons. The second-order valence-corrected chi connectivity index (χ2v) is 7.04. The molecule has 0 saturated heterocycles. The average Bonchev–Trinajstić information content (AvgIpc) is 2.64. The molecule has 2 aliphatic rings. The van der Waals surface area contributed by atoms with Gasteiger partial charge in [0, 0.05) is 12.1 Å². The number of hydrogen-bond acceptors (Lipinski definition) is 1. The minimum absolute atomic E-state index is 0.831. The lowest BCUT2D eigenvalue weighted by Crippen LogP contribution is -2.42. The van der Waals surface area contributed by atoms with Crippen LogP contribution in [-0.2, 0) is 0 Å². The van der Waals surface area contributed by atoms with Crippen LogP contribution in [0.4, 0.5) is 0 Å². The van der Waals surface area contributed by atoms with E-state index in [1.807, 2.05) is 0 Å². The molecule has 1 N–H and O–H groups in total. The SMILES string of the molecule is CC(C)CC1CCCC(NC2CCCC2C)C1. The van der Waals surface area contributed by atoms with Crippen LogP contribution in [0.3, 0.4) is 0 Å². The lowest BCUT2D eigenvalue weighted by atomic mass is 9.80. The highest BCUT2D eigenvalue weighted by molar-refractivity contribution is 4.86. The van der Waals surface area contributed by atoms with Crippen molar-refractivity contribution in [2.45, 2.75) is 84.2 Å². The second-order valence-electron chi connectivity index (χ2n) is 7.04. The Labute approximate surface area is 108 Å². The van der Waals surface area contributed by atoms with Crippen LogP contribution in [0.2, 0.25) is 0 Å². The first-order valence-electron chi connectivity index (χ1n) is 7.91. The van der Waals surface area contributed by atoms with Crippen LogP contribution in [0.5, 0.6) is 0 Å². The van der Waals surface area contributed by atoms with Crippen LogP contribution in [0, 0.1) is 17.8 Å². The molecule has 0 heterocycles.